The van der Waals surface area contributed by atoms with Gasteiger partial charge in [-0.1, -0.05) is 72.8 Å². The van der Waals surface area contributed by atoms with Crippen molar-refractivity contribution in [2.45, 2.75) is 13.5 Å². The molecule has 190 valence electrons. The van der Waals surface area contributed by atoms with Crippen LogP contribution in [0.5, 0.6) is 0 Å². The van der Waals surface area contributed by atoms with Crippen molar-refractivity contribution in [3.63, 3.8) is 0 Å². The summed E-state index contributed by atoms with van der Waals surface area (Å²) in [4.78, 5) is 29.0. The molecule has 0 aliphatic rings. The van der Waals surface area contributed by atoms with Crippen LogP contribution in [0, 0.1) is 17.0 Å². The Balaban J connectivity index is 1.48. The van der Waals surface area contributed by atoms with Crippen LogP contribution in [0.1, 0.15) is 16.8 Å². The van der Waals surface area contributed by atoms with Crippen molar-refractivity contribution in [2.24, 2.45) is 5.10 Å². The highest BCUT2D eigenvalue weighted by atomic mass is 16.6. The minimum Gasteiger partial charge on any atom is -0.340 e. The molecule has 2 aromatic heterocycles. The highest BCUT2D eigenvalue weighted by molar-refractivity contribution is 6.01. The molecule has 8 heteroatoms. The minimum atomic E-state index is -0.401. The van der Waals surface area contributed by atoms with Gasteiger partial charge in [-0.25, -0.2) is 4.98 Å². The van der Waals surface area contributed by atoms with Crippen LogP contribution in [0.15, 0.2) is 113 Å². The van der Waals surface area contributed by atoms with Crippen molar-refractivity contribution in [3.05, 3.63) is 140 Å². The van der Waals surface area contributed by atoms with Crippen molar-refractivity contribution in [1.29, 1.82) is 0 Å². The number of hydrogen-bond acceptors (Lipinski definition) is 5. The third kappa shape index (κ3) is 4.38. The third-order valence-corrected chi connectivity index (χ3v) is 6.86. The van der Waals surface area contributed by atoms with Crippen LogP contribution in [0.4, 0.5) is 5.69 Å². The van der Waals surface area contributed by atoms with Gasteiger partial charge in [-0.05, 0) is 30.7 Å². The summed E-state index contributed by atoms with van der Waals surface area (Å²) in [6.45, 7) is 2.54. The number of hydrogen-bond donors (Lipinski definition) is 0. The molecule has 6 aromatic rings. The number of fused-ring (bicyclic) bond motifs is 2. The van der Waals surface area contributed by atoms with Gasteiger partial charge in [-0.15, -0.1) is 0 Å². The lowest BCUT2D eigenvalue weighted by Gasteiger charge is -2.10. The van der Waals surface area contributed by atoms with Crippen molar-refractivity contribution in [3.8, 4) is 11.4 Å². The first-order valence-corrected chi connectivity index (χ1v) is 12.4. The predicted molar refractivity (Wildman–Crippen MR) is 153 cm³/mol. The van der Waals surface area contributed by atoms with Gasteiger partial charge in [0.2, 0.25) is 0 Å². The largest absolute Gasteiger partial charge is 0.340 e. The van der Waals surface area contributed by atoms with Crippen LogP contribution in [0.2, 0.25) is 0 Å². The van der Waals surface area contributed by atoms with Gasteiger partial charge in [0.05, 0.1) is 22.0 Å². The van der Waals surface area contributed by atoms with E-state index in [2.05, 4.69) is 4.57 Å². The summed E-state index contributed by atoms with van der Waals surface area (Å²) in [5.74, 6) is 0.461. The molecular formula is C31H23N5O3. The fourth-order valence-corrected chi connectivity index (χ4v) is 4.85. The van der Waals surface area contributed by atoms with E-state index in [9.17, 15) is 14.9 Å². The molecule has 0 spiro atoms. The van der Waals surface area contributed by atoms with Gasteiger partial charge in [-0.3, -0.25) is 14.9 Å². The number of para-hydroxylation sites is 2. The molecular weight excluding hydrogens is 490 g/mol. The molecule has 0 fully saturated rings. The lowest BCUT2D eigenvalue weighted by Crippen LogP contribution is -2.20. The first kappa shape index (κ1) is 24.0. The standard InChI is InChI=1S/C31H23N5O3/c1-21-27(25-11-6-8-14-29(25)34(21)20-22-15-17-24(18-16-22)36(38)39)19-32-35-30(23-9-3-2-4-10-23)33-28-13-7-5-12-26(28)31(35)37/h2-19H,20H2,1H3. The van der Waals surface area contributed by atoms with Gasteiger partial charge < -0.3 is 4.57 Å². The quantitative estimate of drug-likeness (QED) is 0.151. The molecule has 0 bridgehead atoms. The van der Waals surface area contributed by atoms with Gasteiger partial charge in [-0.2, -0.15) is 9.78 Å². The zero-order valence-corrected chi connectivity index (χ0v) is 21.1. The van der Waals surface area contributed by atoms with E-state index in [0.29, 0.717) is 23.3 Å². The maximum atomic E-state index is 13.6. The Labute approximate surface area is 223 Å². The van der Waals surface area contributed by atoms with E-state index in [4.69, 9.17) is 10.1 Å². The number of nitro groups is 1. The van der Waals surface area contributed by atoms with Crippen molar-refractivity contribution in [1.82, 2.24) is 14.2 Å². The lowest BCUT2D eigenvalue weighted by atomic mass is 10.1. The monoisotopic (exact) mass is 513 g/mol. The lowest BCUT2D eigenvalue weighted by molar-refractivity contribution is -0.384. The van der Waals surface area contributed by atoms with Crippen LogP contribution in [0.3, 0.4) is 0 Å². The van der Waals surface area contributed by atoms with Crippen LogP contribution >= 0.6 is 0 Å². The third-order valence-electron chi connectivity index (χ3n) is 6.86. The summed E-state index contributed by atoms with van der Waals surface area (Å²) in [6, 6.07) is 31.4. The predicted octanol–water partition coefficient (Wildman–Crippen LogP) is 6.17. The van der Waals surface area contributed by atoms with Crippen molar-refractivity contribution < 1.29 is 4.92 Å². The molecule has 0 unspecified atom stereocenters. The average molecular weight is 514 g/mol. The van der Waals surface area contributed by atoms with E-state index < -0.39 is 4.92 Å². The number of rotatable bonds is 6. The molecule has 0 amide bonds. The summed E-state index contributed by atoms with van der Waals surface area (Å²) in [5.41, 5.74) is 5.00. The number of benzene rings is 4. The maximum absolute atomic E-state index is 13.6. The Kier molecular flexibility index (Phi) is 6.05. The second-order valence-electron chi connectivity index (χ2n) is 9.21. The molecule has 0 N–H and O–H groups in total. The Morgan fingerprint density at radius 1 is 0.872 bits per heavy atom. The molecule has 39 heavy (non-hydrogen) atoms. The fourth-order valence-electron chi connectivity index (χ4n) is 4.85. The molecule has 0 saturated carbocycles. The Hall–Kier alpha value is -5.37. The summed E-state index contributed by atoms with van der Waals surface area (Å²) in [5, 5.41) is 17.2. The molecule has 4 aromatic carbocycles. The highest BCUT2D eigenvalue weighted by Gasteiger charge is 2.16. The smallest absolute Gasteiger partial charge is 0.282 e. The maximum Gasteiger partial charge on any atom is 0.282 e. The normalized spacial score (nSPS) is 11.5. The van der Waals surface area contributed by atoms with Gasteiger partial charge >= 0.3 is 0 Å². The first-order chi connectivity index (χ1) is 19.0. The molecule has 0 atom stereocenters. The number of non-ortho nitro benzene ring substituents is 1. The zero-order valence-electron chi connectivity index (χ0n) is 21.1. The van der Waals surface area contributed by atoms with E-state index in [1.807, 2.05) is 79.7 Å². The SMILES string of the molecule is Cc1c(C=Nn2c(-c3ccccc3)nc3ccccc3c2=O)c2ccccc2n1Cc1ccc([N+](=O)[O-])cc1. The van der Waals surface area contributed by atoms with E-state index >= 15 is 0 Å². The summed E-state index contributed by atoms with van der Waals surface area (Å²) < 4.78 is 3.51. The molecule has 6 rings (SSSR count). The topological polar surface area (TPSA) is 95.3 Å². The minimum absolute atomic E-state index is 0.0596. The zero-order chi connectivity index (χ0) is 26.9. The van der Waals surface area contributed by atoms with Crippen LogP contribution in [-0.4, -0.2) is 25.4 Å². The van der Waals surface area contributed by atoms with E-state index in [0.717, 1.165) is 33.3 Å². The Morgan fingerprint density at radius 2 is 1.54 bits per heavy atom. The summed E-state index contributed by atoms with van der Waals surface area (Å²) in [7, 11) is 0. The molecule has 0 saturated heterocycles. The second-order valence-corrected chi connectivity index (χ2v) is 9.21. The van der Waals surface area contributed by atoms with Gasteiger partial charge in [0.25, 0.3) is 11.2 Å². The molecule has 2 heterocycles. The van der Waals surface area contributed by atoms with Crippen LogP contribution < -0.4 is 5.56 Å². The van der Waals surface area contributed by atoms with E-state index in [-0.39, 0.29) is 11.2 Å². The van der Waals surface area contributed by atoms with Crippen molar-refractivity contribution >= 4 is 33.7 Å². The van der Waals surface area contributed by atoms with E-state index in [1.165, 1.54) is 16.8 Å². The fraction of sp³-hybridized carbons (Fsp3) is 0.0645. The number of aromatic nitrogens is 3. The van der Waals surface area contributed by atoms with Crippen LogP contribution in [-0.2, 0) is 6.54 Å². The molecule has 8 nitrogen and oxygen atoms in total. The van der Waals surface area contributed by atoms with Gasteiger partial charge in [0.1, 0.15) is 0 Å². The first-order valence-electron chi connectivity index (χ1n) is 12.4. The Morgan fingerprint density at radius 3 is 2.28 bits per heavy atom. The van der Waals surface area contributed by atoms with E-state index in [1.54, 1.807) is 24.4 Å². The molecule has 0 aliphatic carbocycles. The van der Waals surface area contributed by atoms with Gasteiger partial charge in [0, 0.05) is 46.4 Å². The number of nitro benzene ring substituents is 1. The van der Waals surface area contributed by atoms with Gasteiger partial charge in [0.15, 0.2) is 5.82 Å². The number of nitrogens with zero attached hydrogens (tertiary/aromatic N) is 5. The second kappa shape index (κ2) is 9.83. The summed E-state index contributed by atoms with van der Waals surface area (Å²) >= 11 is 0. The average Bonchev–Trinajstić information content (AvgIpc) is 3.23. The molecule has 0 radical (unpaired) electrons. The van der Waals surface area contributed by atoms with Crippen LogP contribution in [0.25, 0.3) is 33.2 Å². The Bertz CT molecular complexity index is 1940. The summed E-state index contributed by atoms with van der Waals surface area (Å²) in [6.07, 6.45) is 1.72. The van der Waals surface area contributed by atoms with Crippen molar-refractivity contribution in [2.75, 3.05) is 0 Å². The molecule has 0 aliphatic heterocycles. The highest BCUT2D eigenvalue weighted by Crippen LogP contribution is 2.27.